The molecule has 1 aliphatic rings. The highest BCUT2D eigenvalue weighted by Crippen LogP contribution is 2.24. The van der Waals surface area contributed by atoms with Crippen LogP contribution in [0.1, 0.15) is 40.0 Å². The van der Waals surface area contributed by atoms with Crippen molar-refractivity contribution in [2.24, 2.45) is 0 Å². The van der Waals surface area contributed by atoms with Gasteiger partial charge in [-0.3, -0.25) is 0 Å². The molecule has 118 valence electrons. The van der Waals surface area contributed by atoms with E-state index >= 15 is 0 Å². The zero-order valence-corrected chi connectivity index (χ0v) is 13.1. The van der Waals surface area contributed by atoms with Gasteiger partial charge >= 0.3 is 6.01 Å². The lowest BCUT2D eigenvalue weighted by Gasteiger charge is -2.36. The number of nitrogens with zero attached hydrogens (tertiary/aromatic N) is 4. The van der Waals surface area contributed by atoms with Crippen molar-refractivity contribution in [1.29, 1.82) is 0 Å². The summed E-state index contributed by atoms with van der Waals surface area (Å²) in [7, 11) is 0. The second-order valence-corrected chi connectivity index (χ2v) is 5.64. The van der Waals surface area contributed by atoms with E-state index in [0.717, 1.165) is 32.4 Å². The van der Waals surface area contributed by atoms with E-state index in [1.165, 1.54) is 0 Å². The van der Waals surface area contributed by atoms with Gasteiger partial charge in [-0.05, 0) is 33.1 Å². The van der Waals surface area contributed by atoms with E-state index in [2.05, 4.69) is 20.3 Å². The Labute approximate surface area is 125 Å². The van der Waals surface area contributed by atoms with Crippen molar-refractivity contribution >= 4 is 11.9 Å². The standard InChI is InChI=1S/C14H25N5O2/c1-4-9-21-13-17-11(15-5-2)16-12(18-13)19-8-6-7-14(3,20)10-19/h20H,4-10H2,1-3H3,(H,15,16,17,18). The van der Waals surface area contributed by atoms with E-state index in [0.29, 0.717) is 31.1 Å². The molecule has 2 heterocycles. The van der Waals surface area contributed by atoms with E-state index in [1.54, 1.807) is 0 Å². The number of ether oxygens (including phenoxy) is 1. The van der Waals surface area contributed by atoms with Gasteiger partial charge in [0.2, 0.25) is 11.9 Å². The van der Waals surface area contributed by atoms with Crippen LogP contribution in [0.3, 0.4) is 0 Å². The molecular formula is C14H25N5O2. The van der Waals surface area contributed by atoms with Crippen LogP contribution >= 0.6 is 0 Å². The quantitative estimate of drug-likeness (QED) is 0.821. The van der Waals surface area contributed by atoms with Gasteiger partial charge in [0.15, 0.2) is 0 Å². The maximum absolute atomic E-state index is 10.2. The minimum Gasteiger partial charge on any atom is -0.463 e. The first-order valence-corrected chi connectivity index (χ1v) is 7.64. The predicted octanol–water partition coefficient (Wildman–Crippen LogP) is 1.44. The highest BCUT2D eigenvalue weighted by atomic mass is 16.5. The first-order chi connectivity index (χ1) is 10.0. The Morgan fingerprint density at radius 2 is 2.14 bits per heavy atom. The third-order valence-corrected chi connectivity index (χ3v) is 3.33. The first kappa shape index (κ1) is 15.8. The molecule has 2 rings (SSSR count). The van der Waals surface area contributed by atoms with Crippen LogP contribution in [-0.2, 0) is 0 Å². The van der Waals surface area contributed by atoms with Crippen molar-refractivity contribution in [2.75, 3.05) is 36.5 Å². The number of aromatic nitrogens is 3. The summed E-state index contributed by atoms with van der Waals surface area (Å²) in [6.45, 7) is 8.53. The maximum atomic E-state index is 10.2. The van der Waals surface area contributed by atoms with Gasteiger partial charge in [-0.25, -0.2) is 0 Å². The molecule has 1 unspecified atom stereocenters. The summed E-state index contributed by atoms with van der Waals surface area (Å²) in [4.78, 5) is 15.0. The van der Waals surface area contributed by atoms with E-state index in [-0.39, 0.29) is 0 Å². The van der Waals surface area contributed by atoms with Gasteiger partial charge in [0.1, 0.15) is 0 Å². The van der Waals surface area contributed by atoms with Gasteiger partial charge in [0.25, 0.3) is 0 Å². The van der Waals surface area contributed by atoms with Gasteiger partial charge in [-0.15, -0.1) is 0 Å². The molecule has 1 atom stereocenters. The summed E-state index contributed by atoms with van der Waals surface area (Å²) in [5, 5.41) is 13.3. The predicted molar refractivity (Wildman–Crippen MR) is 81.8 cm³/mol. The Balaban J connectivity index is 2.21. The van der Waals surface area contributed by atoms with Crippen LogP contribution in [0.15, 0.2) is 0 Å². The van der Waals surface area contributed by atoms with Crippen molar-refractivity contribution in [3.8, 4) is 6.01 Å². The summed E-state index contributed by atoms with van der Waals surface area (Å²) in [6.07, 6.45) is 2.62. The first-order valence-electron chi connectivity index (χ1n) is 7.64. The molecule has 0 radical (unpaired) electrons. The van der Waals surface area contributed by atoms with Crippen LogP contribution in [0.5, 0.6) is 6.01 Å². The third kappa shape index (κ3) is 4.42. The number of nitrogens with one attached hydrogen (secondary N) is 1. The Bertz CT molecular complexity index is 467. The van der Waals surface area contributed by atoms with Gasteiger partial charge in [-0.2, -0.15) is 15.0 Å². The fraction of sp³-hybridized carbons (Fsp3) is 0.786. The SMILES string of the molecule is CCCOc1nc(NCC)nc(N2CCCC(C)(O)C2)n1. The minimum atomic E-state index is -0.701. The van der Waals surface area contributed by atoms with Crippen LogP contribution in [-0.4, -0.2) is 51.9 Å². The molecule has 1 aromatic rings. The monoisotopic (exact) mass is 295 g/mol. The van der Waals surface area contributed by atoms with Gasteiger partial charge in [-0.1, -0.05) is 6.92 Å². The van der Waals surface area contributed by atoms with Crippen molar-refractivity contribution in [3.63, 3.8) is 0 Å². The highest BCUT2D eigenvalue weighted by molar-refractivity contribution is 5.39. The Morgan fingerprint density at radius 1 is 1.33 bits per heavy atom. The Kier molecular flexibility index (Phi) is 5.17. The molecule has 1 fully saturated rings. The summed E-state index contributed by atoms with van der Waals surface area (Å²) in [5.41, 5.74) is -0.701. The number of rotatable bonds is 6. The van der Waals surface area contributed by atoms with E-state index in [9.17, 15) is 5.11 Å². The van der Waals surface area contributed by atoms with E-state index in [1.807, 2.05) is 25.7 Å². The third-order valence-electron chi connectivity index (χ3n) is 3.33. The molecule has 0 bridgehead atoms. The average molecular weight is 295 g/mol. The maximum Gasteiger partial charge on any atom is 0.323 e. The Hall–Kier alpha value is -1.63. The van der Waals surface area contributed by atoms with Crippen LogP contribution in [0, 0.1) is 0 Å². The number of piperidine rings is 1. The van der Waals surface area contributed by atoms with E-state index < -0.39 is 5.60 Å². The van der Waals surface area contributed by atoms with E-state index in [4.69, 9.17) is 4.74 Å². The number of anilines is 2. The van der Waals surface area contributed by atoms with Gasteiger partial charge in [0, 0.05) is 19.6 Å². The second kappa shape index (κ2) is 6.89. The molecule has 7 nitrogen and oxygen atoms in total. The number of hydrogen-bond donors (Lipinski definition) is 2. The molecular weight excluding hydrogens is 270 g/mol. The minimum absolute atomic E-state index is 0.336. The van der Waals surface area contributed by atoms with Gasteiger partial charge in [0.05, 0.1) is 12.2 Å². The molecule has 1 aliphatic heterocycles. The van der Waals surface area contributed by atoms with Crippen LogP contribution in [0.2, 0.25) is 0 Å². The molecule has 2 N–H and O–H groups in total. The Morgan fingerprint density at radius 3 is 2.81 bits per heavy atom. The lowest BCUT2D eigenvalue weighted by Crippen LogP contribution is -2.46. The smallest absolute Gasteiger partial charge is 0.323 e. The summed E-state index contributed by atoms with van der Waals surface area (Å²) in [6, 6.07) is 0.336. The fourth-order valence-corrected chi connectivity index (χ4v) is 2.37. The van der Waals surface area contributed by atoms with Crippen LogP contribution < -0.4 is 15.0 Å². The molecule has 1 saturated heterocycles. The zero-order valence-electron chi connectivity index (χ0n) is 13.1. The molecule has 0 amide bonds. The zero-order chi connectivity index (χ0) is 15.3. The topological polar surface area (TPSA) is 83.4 Å². The van der Waals surface area contributed by atoms with Crippen LogP contribution in [0.25, 0.3) is 0 Å². The average Bonchev–Trinajstić information content (AvgIpc) is 2.44. The van der Waals surface area contributed by atoms with Crippen molar-refractivity contribution in [3.05, 3.63) is 0 Å². The molecule has 21 heavy (non-hydrogen) atoms. The lowest BCUT2D eigenvalue weighted by molar-refractivity contribution is 0.0444. The number of hydrogen-bond acceptors (Lipinski definition) is 7. The van der Waals surface area contributed by atoms with Crippen LogP contribution in [0.4, 0.5) is 11.9 Å². The molecule has 0 spiro atoms. The van der Waals surface area contributed by atoms with Crippen molar-refractivity contribution in [1.82, 2.24) is 15.0 Å². The number of aliphatic hydroxyl groups is 1. The molecule has 7 heteroatoms. The lowest BCUT2D eigenvalue weighted by atomic mass is 9.95. The molecule has 0 aromatic carbocycles. The second-order valence-electron chi connectivity index (χ2n) is 5.64. The summed E-state index contributed by atoms with van der Waals surface area (Å²) >= 11 is 0. The molecule has 0 saturated carbocycles. The fourth-order valence-electron chi connectivity index (χ4n) is 2.37. The summed E-state index contributed by atoms with van der Waals surface area (Å²) in [5.74, 6) is 1.07. The van der Waals surface area contributed by atoms with Crippen molar-refractivity contribution in [2.45, 2.75) is 45.6 Å². The largest absolute Gasteiger partial charge is 0.463 e. The van der Waals surface area contributed by atoms with Crippen molar-refractivity contribution < 1.29 is 9.84 Å². The molecule has 1 aromatic heterocycles. The molecule has 0 aliphatic carbocycles. The van der Waals surface area contributed by atoms with Gasteiger partial charge < -0.3 is 20.1 Å². The highest BCUT2D eigenvalue weighted by Gasteiger charge is 2.30. The number of β-amino-alcohol motifs (C(OH)–C–C–N with tert-alkyl or cyclic N) is 1. The normalized spacial score (nSPS) is 22.2. The summed E-state index contributed by atoms with van der Waals surface area (Å²) < 4.78 is 5.53.